The molecule has 0 saturated heterocycles. The normalized spacial score (nSPS) is 11.0. The van der Waals surface area contributed by atoms with Crippen LogP contribution in [-0.2, 0) is 16.1 Å². The fourth-order valence-corrected chi connectivity index (χ4v) is 2.83. The highest BCUT2D eigenvalue weighted by Crippen LogP contribution is 2.19. The third kappa shape index (κ3) is 5.89. The summed E-state index contributed by atoms with van der Waals surface area (Å²) in [5.74, 6) is -0.617. The molecule has 0 bridgehead atoms. The van der Waals surface area contributed by atoms with E-state index in [0.29, 0.717) is 17.3 Å². The Hall–Kier alpha value is -2.74. The molecule has 2 aromatic rings. The second-order valence-corrected chi connectivity index (χ2v) is 7.96. The van der Waals surface area contributed by atoms with Gasteiger partial charge < -0.3 is 14.8 Å². The van der Waals surface area contributed by atoms with Crippen LogP contribution in [0.25, 0.3) is 0 Å². The molecule has 0 aliphatic rings. The number of amides is 1. The average molecular weight is 390 g/mol. The van der Waals surface area contributed by atoms with Crippen molar-refractivity contribution in [3.8, 4) is 5.88 Å². The molecule has 8 heteroatoms. The molecular weight excluding hydrogens is 368 g/mol. The number of methoxy groups -OCH3 is 1. The van der Waals surface area contributed by atoms with Gasteiger partial charge in [0, 0.05) is 22.6 Å². The standard InChI is InChI=1S/C19H22N2O5S/c1-19(2,3)18(24)21-10-13-6-7-15(27-13)14(22)11-26-17(23)12-5-8-16(25-4)20-9-12/h5-9H,10-11H2,1-4H3,(H,21,24). The molecule has 2 heterocycles. The second kappa shape index (κ2) is 8.77. The molecule has 27 heavy (non-hydrogen) atoms. The minimum Gasteiger partial charge on any atom is -0.481 e. The zero-order valence-corrected chi connectivity index (χ0v) is 16.5. The van der Waals surface area contributed by atoms with E-state index >= 15 is 0 Å². The van der Waals surface area contributed by atoms with E-state index in [-0.39, 0.29) is 23.9 Å². The van der Waals surface area contributed by atoms with Gasteiger partial charge in [0.05, 0.1) is 24.1 Å². The van der Waals surface area contributed by atoms with Crippen molar-refractivity contribution < 1.29 is 23.9 Å². The summed E-state index contributed by atoms with van der Waals surface area (Å²) in [5.41, 5.74) is -0.235. The van der Waals surface area contributed by atoms with Crippen LogP contribution in [0.1, 0.15) is 45.7 Å². The summed E-state index contributed by atoms with van der Waals surface area (Å²) >= 11 is 1.26. The number of esters is 1. The van der Waals surface area contributed by atoms with Gasteiger partial charge in [-0.25, -0.2) is 9.78 Å². The van der Waals surface area contributed by atoms with E-state index < -0.39 is 11.4 Å². The quantitative estimate of drug-likeness (QED) is 0.577. The third-order valence-corrected chi connectivity index (χ3v) is 4.68. The van der Waals surface area contributed by atoms with Crippen LogP contribution in [0.3, 0.4) is 0 Å². The fourth-order valence-electron chi connectivity index (χ4n) is 1.96. The number of ketones is 1. The molecule has 2 aromatic heterocycles. The fraction of sp³-hybridized carbons (Fsp3) is 0.368. The molecule has 0 atom stereocenters. The molecule has 7 nitrogen and oxygen atoms in total. The minimum atomic E-state index is -0.632. The van der Waals surface area contributed by atoms with E-state index in [2.05, 4.69) is 10.3 Å². The summed E-state index contributed by atoms with van der Waals surface area (Å²) in [6, 6.07) is 6.49. The van der Waals surface area contributed by atoms with E-state index in [4.69, 9.17) is 9.47 Å². The lowest BCUT2D eigenvalue weighted by atomic mass is 9.96. The maximum absolute atomic E-state index is 12.2. The Balaban J connectivity index is 1.86. The topological polar surface area (TPSA) is 94.6 Å². The van der Waals surface area contributed by atoms with Crippen molar-refractivity contribution in [1.82, 2.24) is 10.3 Å². The van der Waals surface area contributed by atoms with Gasteiger partial charge in [-0.3, -0.25) is 9.59 Å². The van der Waals surface area contributed by atoms with Crippen LogP contribution in [-0.4, -0.2) is 36.4 Å². The Morgan fingerprint density at radius 2 is 1.89 bits per heavy atom. The van der Waals surface area contributed by atoms with E-state index in [1.54, 1.807) is 12.1 Å². The lowest BCUT2D eigenvalue weighted by Gasteiger charge is -2.17. The van der Waals surface area contributed by atoms with Crippen LogP contribution in [0.2, 0.25) is 0 Å². The molecule has 144 valence electrons. The second-order valence-electron chi connectivity index (χ2n) is 6.79. The van der Waals surface area contributed by atoms with Gasteiger partial charge in [-0.1, -0.05) is 20.8 Å². The molecule has 0 aliphatic heterocycles. The van der Waals surface area contributed by atoms with Crippen molar-refractivity contribution in [3.63, 3.8) is 0 Å². The molecule has 0 saturated carbocycles. The Labute approximate surface area is 161 Å². The van der Waals surface area contributed by atoms with Gasteiger partial charge in [-0.15, -0.1) is 11.3 Å². The number of carbonyl (C=O) groups excluding carboxylic acids is 3. The van der Waals surface area contributed by atoms with E-state index in [1.165, 1.54) is 36.8 Å². The monoisotopic (exact) mass is 390 g/mol. The highest BCUT2D eigenvalue weighted by molar-refractivity contribution is 7.14. The molecule has 0 unspecified atom stereocenters. The number of hydrogen-bond donors (Lipinski definition) is 1. The van der Waals surface area contributed by atoms with Crippen molar-refractivity contribution >= 4 is 29.0 Å². The predicted octanol–water partition coefficient (Wildman–Crippen LogP) is 2.85. The van der Waals surface area contributed by atoms with Crippen LogP contribution in [0.15, 0.2) is 30.5 Å². The molecular formula is C19H22N2O5S. The summed E-state index contributed by atoms with van der Waals surface area (Å²) in [5, 5.41) is 2.83. The smallest absolute Gasteiger partial charge is 0.340 e. The average Bonchev–Trinajstić information content (AvgIpc) is 3.12. The van der Waals surface area contributed by atoms with Crippen LogP contribution in [0.4, 0.5) is 0 Å². The summed E-state index contributed by atoms with van der Waals surface area (Å²) in [7, 11) is 1.48. The van der Waals surface area contributed by atoms with Crippen molar-refractivity contribution in [2.75, 3.05) is 13.7 Å². The van der Waals surface area contributed by atoms with Gasteiger partial charge >= 0.3 is 5.97 Å². The van der Waals surface area contributed by atoms with Crippen LogP contribution < -0.4 is 10.1 Å². The van der Waals surface area contributed by atoms with Gasteiger partial charge in [0.2, 0.25) is 17.6 Å². The van der Waals surface area contributed by atoms with Gasteiger partial charge in [-0.05, 0) is 18.2 Å². The molecule has 0 spiro atoms. The van der Waals surface area contributed by atoms with Gasteiger partial charge in [-0.2, -0.15) is 0 Å². The number of Topliss-reactive ketones (excluding diaryl/α,β-unsaturated/α-hetero) is 1. The number of aromatic nitrogens is 1. The number of hydrogen-bond acceptors (Lipinski definition) is 7. The zero-order valence-electron chi connectivity index (χ0n) is 15.7. The van der Waals surface area contributed by atoms with Gasteiger partial charge in [0.1, 0.15) is 0 Å². The molecule has 1 N–H and O–H groups in total. The number of nitrogens with zero attached hydrogens (tertiary/aromatic N) is 1. The first-order chi connectivity index (χ1) is 12.7. The first-order valence-electron chi connectivity index (χ1n) is 8.28. The van der Waals surface area contributed by atoms with Crippen molar-refractivity contribution in [2.45, 2.75) is 27.3 Å². The highest BCUT2D eigenvalue weighted by Gasteiger charge is 2.21. The third-order valence-electron chi connectivity index (χ3n) is 3.56. The molecule has 0 fully saturated rings. The predicted molar refractivity (Wildman–Crippen MR) is 101 cm³/mol. The van der Waals surface area contributed by atoms with Crippen LogP contribution in [0.5, 0.6) is 5.88 Å². The number of carbonyl (C=O) groups is 3. The molecule has 0 aromatic carbocycles. The van der Waals surface area contributed by atoms with Crippen LogP contribution >= 0.6 is 11.3 Å². The lowest BCUT2D eigenvalue weighted by Crippen LogP contribution is -2.34. The van der Waals surface area contributed by atoms with Gasteiger partial charge in [0.25, 0.3) is 0 Å². The Morgan fingerprint density at radius 3 is 2.48 bits per heavy atom. The van der Waals surface area contributed by atoms with Crippen LogP contribution in [0, 0.1) is 5.41 Å². The summed E-state index contributed by atoms with van der Waals surface area (Å²) < 4.78 is 9.96. The maximum atomic E-state index is 12.2. The molecule has 0 radical (unpaired) electrons. The largest absolute Gasteiger partial charge is 0.481 e. The molecule has 2 rings (SSSR count). The van der Waals surface area contributed by atoms with Gasteiger partial charge in [0.15, 0.2) is 6.61 Å². The molecule has 1 amide bonds. The highest BCUT2D eigenvalue weighted by atomic mass is 32.1. The Morgan fingerprint density at radius 1 is 1.15 bits per heavy atom. The number of ether oxygens (including phenoxy) is 2. The maximum Gasteiger partial charge on any atom is 0.340 e. The first kappa shape index (κ1) is 20.6. The van der Waals surface area contributed by atoms with E-state index in [9.17, 15) is 14.4 Å². The number of nitrogens with one attached hydrogen (secondary N) is 1. The molecule has 0 aliphatic carbocycles. The SMILES string of the molecule is COc1ccc(C(=O)OCC(=O)c2ccc(CNC(=O)C(C)(C)C)s2)cn1. The Kier molecular flexibility index (Phi) is 6.68. The summed E-state index contributed by atoms with van der Waals surface area (Å²) in [4.78, 5) is 41.3. The number of rotatable bonds is 7. The first-order valence-corrected chi connectivity index (χ1v) is 9.09. The lowest BCUT2D eigenvalue weighted by molar-refractivity contribution is -0.128. The number of pyridine rings is 1. The van der Waals surface area contributed by atoms with Crippen molar-refractivity contribution in [1.29, 1.82) is 0 Å². The summed E-state index contributed by atoms with van der Waals surface area (Å²) in [6.07, 6.45) is 1.33. The summed E-state index contributed by atoms with van der Waals surface area (Å²) in [6.45, 7) is 5.49. The van der Waals surface area contributed by atoms with Crippen molar-refractivity contribution in [2.24, 2.45) is 5.41 Å². The van der Waals surface area contributed by atoms with E-state index in [1.807, 2.05) is 20.8 Å². The van der Waals surface area contributed by atoms with Crippen molar-refractivity contribution in [3.05, 3.63) is 45.8 Å². The zero-order chi connectivity index (χ0) is 20.0. The van der Waals surface area contributed by atoms with E-state index in [0.717, 1.165) is 4.88 Å². The number of thiophene rings is 1. The Bertz CT molecular complexity index is 821. The minimum absolute atomic E-state index is 0.0641.